The molecular weight excluding hydrogens is 352 g/mol. The van der Waals surface area contributed by atoms with E-state index in [1.165, 1.54) is 0 Å². The molecule has 7 heteroatoms. The summed E-state index contributed by atoms with van der Waals surface area (Å²) in [4.78, 5) is 23.7. The maximum absolute atomic E-state index is 12.1. The monoisotopic (exact) mass is 372 g/mol. The molecule has 0 radical (unpaired) electrons. The molecule has 0 saturated heterocycles. The van der Waals surface area contributed by atoms with Crippen molar-refractivity contribution in [2.24, 2.45) is 0 Å². The molecular formula is C19H20N2O4S. The van der Waals surface area contributed by atoms with Crippen LogP contribution in [0.25, 0.3) is 0 Å². The number of sulfone groups is 1. The molecule has 2 amide bonds. The van der Waals surface area contributed by atoms with Gasteiger partial charge in [-0.3, -0.25) is 9.59 Å². The number of carbonyl (C=O) groups excluding carboxylic acids is 2. The van der Waals surface area contributed by atoms with Gasteiger partial charge in [-0.05, 0) is 36.1 Å². The molecule has 2 N–H and O–H groups in total. The summed E-state index contributed by atoms with van der Waals surface area (Å²) in [5.74, 6) is -1.39. The Morgan fingerprint density at radius 3 is 2.65 bits per heavy atom. The maximum atomic E-state index is 12.1. The summed E-state index contributed by atoms with van der Waals surface area (Å²) in [7, 11) is -3.48. The highest BCUT2D eigenvalue weighted by Crippen LogP contribution is 2.20. The van der Waals surface area contributed by atoms with Gasteiger partial charge < -0.3 is 10.6 Å². The number of amides is 2. The fourth-order valence-electron chi connectivity index (χ4n) is 2.90. The third-order valence-electron chi connectivity index (χ3n) is 4.19. The maximum Gasteiger partial charge on any atom is 0.251 e. The molecule has 0 aromatic heterocycles. The normalized spacial score (nSPS) is 13.2. The summed E-state index contributed by atoms with van der Waals surface area (Å²) < 4.78 is 24.3. The Balaban J connectivity index is 1.52. The Morgan fingerprint density at radius 2 is 1.88 bits per heavy atom. The molecule has 0 fully saturated rings. The molecule has 0 atom stereocenters. The lowest BCUT2D eigenvalue weighted by Crippen LogP contribution is -2.25. The third-order valence-corrected chi connectivity index (χ3v) is 5.80. The van der Waals surface area contributed by atoms with E-state index in [4.69, 9.17) is 0 Å². The first kappa shape index (κ1) is 18.1. The topological polar surface area (TPSA) is 92.3 Å². The van der Waals surface area contributed by atoms with Crippen LogP contribution in [-0.4, -0.2) is 31.7 Å². The van der Waals surface area contributed by atoms with Crippen LogP contribution in [0.15, 0.2) is 48.5 Å². The Hall–Kier alpha value is -2.67. The van der Waals surface area contributed by atoms with Gasteiger partial charge in [-0.25, -0.2) is 8.42 Å². The summed E-state index contributed by atoms with van der Waals surface area (Å²) >= 11 is 0. The summed E-state index contributed by atoms with van der Waals surface area (Å²) in [6, 6.07) is 14.6. The number of rotatable bonds is 7. The Morgan fingerprint density at radius 1 is 1.12 bits per heavy atom. The van der Waals surface area contributed by atoms with Crippen LogP contribution in [0.1, 0.15) is 27.9 Å². The lowest BCUT2D eigenvalue weighted by molar-refractivity contribution is -0.113. The largest absolute Gasteiger partial charge is 0.348 e. The molecule has 0 bridgehead atoms. The van der Waals surface area contributed by atoms with Crippen molar-refractivity contribution in [1.82, 2.24) is 5.32 Å². The zero-order valence-electron chi connectivity index (χ0n) is 14.2. The Labute approximate surface area is 152 Å². The Bertz CT molecular complexity index is 924. The van der Waals surface area contributed by atoms with Gasteiger partial charge in [0.15, 0.2) is 9.84 Å². The summed E-state index contributed by atoms with van der Waals surface area (Å²) in [6.07, 6.45) is 1.13. The van der Waals surface area contributed by atoms with E-state index in [2.05, 4.69) is 10.6 Å². The lowest BCUT2D eigenvalue weighted by Gasteiger charge is -2.08. The minimum Gasteiger partial charge on any atom is -0.348 e. The summed E-state index contributed by atoms with van der Waals surface area (Å²) in [6.45, 7) is 0.470. The van der Waals surface area contributed by atoms with Crippen molar-refractivity contribution in [3.05, 3.63) is 65.2 Å². The van der Waals surface area contributed by atoms with Crippen molar-refractivity contribution >= 4 is 27.3 Å². The molecule has 6 nitrogen and oxygen atoms in total. The van der Waals surface area contributed by atoms with Crippen molar-refractivity contribution in [2.75, 3.05) is 16.8 Å². The van der Waals surface area contributed by atoms with Crippen molar-refractivity contribution in [3.8, 4) is 0 Å². The molecule has 2 aromatic rings. The quantitative estimate of drug-likeness (QED) is 0.777. The molecule has 0 aliphatic carbocycles. The number of aryl methyl sites for hydroxylation is 1. The molecule has 1 aliphatic heterocycles. The second kappa shape index (κ2) is 7.70. The van der Waals surface area contributed by atoms with Crippen molar-refractivity contribution < 1.29 is 18.0 Å². The molecule has 0 saturated carbocycles. The van der Waals surface area contributed by atoms with E-state index in [-0.39, 0.29) is 11.7 Å². The second-order valence-electron chi connectivity index (χ2n) is 6.28. The van der Waals surface area contributed by atoms with Crippen molar-refractivity contribution in [1.29, 1.82) is 0 Å². The summed E-state index contributed by atoms with van der Waals surface area (Å²) in [5.41, 5.74) is 2.86. The second-order valence-corrected chi connectivity index (χ2v) is 8.47. The van der Waals surface area contributed by atoms with Gasteiger partial charge in [-0.1, -0.05) is 36.4 Å². The van der Waals surface area contributed by atoms with Crippen molar-refractivity contribution in [2.45, 2.75) is 19.4 Å². The molecule has 26 heavy (non-hydrogen) atoms. The number of fused-ring (bicyclic) bond motifs is 1. The molecule has 2 aromatic carbocycles. The average Bonchev–Trinajstić information content (AvgIpc) is 2.96. The first-order valence-corrected chi connectivity index (χ1v) is 10.2. The van der Waals surface area contributed by atoms with Crippen LogP contribution in [0.2, 0.25) is 0 Å². The molecule has 0 unspecified atom stereocenters. The minimum atomic E-state index is -3.48. The van der Waals surface area contributed by atoms with Gasteiger partial charge in [0.25, 0.3) is 5.91 Å². The van der Waals surface area contributed by atoms with Gasteiger partial charge in [0.05, 0.1) is 5.75 Å². The lowest BCUT2D eigenvalue weighted by atomic mass is 10.1. The molecule has 1 aliphatic rings. The summed E-state index contributed by atoms with van der Waals surface area (Å²) in [5, 5.41) is 5.25. The van der Waals surface area contributed by atoms with Crippen LogP contribution in [0.3, 0.4) is 0 Å². The van der Waals surface area contributed by atoms with Crippen LogP contribution >= 0.6 is 0 Å². The van der Waals surface area contributed by atoms with Gasteiger partial charge >= 0.3 is 0 Å². The van der Waals surface area contributed by atoms with E-state index in [0.717, 1.165) is 11.1 Å². The fourth-order valence-corrected chi connectivity index (χ4v) is 4.10. The van der Waals surface area contributed by atoms with Crippen LogP contribution in [0, 0.1) is 0 Å². The number of anilines is 1. The molecule has 3 rings (SSSR count). The highest BCUT2D eigenvalue weighted by molar-refractivity contribution is 7.92. The molecule has 1 heterocycles. The molecule has 0 spiro atoms. The van der Waals surface area contributed by atoms with Gasteiger partial charge in [-0.15, -0.1) is 0 Å². The first-order chi connectivity index (χ1) is 12.4. The van der Waals surface area contributed by atoms with Gasteiger partial charge in [0.2, 0.25) is 5.91 Å². The van der Waals surface area contributed by atoms with E-state index >= 15 is 0 Å². The van der Waals surface area contributed by atoms with Gasteiger partial charge in [0.1, 0.15) is 5.75 Å². The highest BCUT2D eigenvalue weighted by Gasteiger charge is 2.20. The van der Waals surface area contributed by atoms with Crippen LogP contribution < -0.4 is 10.6 Å². The van der Waals surface area contributed by atoms with Crippen molar-refractivity contribution in [3.63, 3.8) is 0 Å². The smallest absolute Gasteiger partial charge is 0.251 e. The number of carbonyl (C=O) groups is 2. The van der Waals surface area contributed by atoms with E-state index in [9.17, 15) is 18.0 Å². The van der Waals surface area contributed by atoms with E-state index in [0.29, 0.717) is 30.6 Å². The molecule has 136 valence electrons. The SMILES string of the molecule is O=C(CS(=O)(=O)CCCc1ccccc1)Nc1ccc2c(c1)C(=O)NC2. The van der Waals surface area contributed by atoms with Crippen LogP contribution in [0.5, 0.6) is 0 Å². The average molecular weight is 372 g/mol. The number of nitrogens with one attached hydrogen (secondary N) is 2. The zero-order chi connectivity index (χ0) is 18.6. The van der Waals surface area contributed by atoms with E-state index in [1.54, 1.807) is 18.2 Å². The predicted molar refractivity (Wildman–Crippen MR) is 99.7 cm³/mol. The van der Waals surface area contributed by atoms with E-state index < -0.39 is 21.5 Å². The van der Waals surface area contributed by atoms with Crippen LogP contribution in [0.4, 0.5) is 5.69 Å². The first-order valence-electron chi connectivity index (χ1n) is 8.38. The Kier molecular flexibility index (Phi) is 5.37. The highest BCUT2D eigenvalue weighted by atomic mass is 32.2. The standard InChI is InChI=1S/C19H20N2O4S/c22-18(21-16-9-8-15-12-20-19(23)17(15)11-16)13-26(24,25)10-4-7-14-5-2-1-3-6-14/h1-3,5-6,8-9,11H,4,7,10,12-13H2,(H,20,23)(H,21,22). The number of hydrogen-bond acceptors (Lipinski definition) is 4. The number of hydrogen-bond donors (Lipinski definition) is 2. The van der Waals surface area contributed by atoms with E-state index in [1.807, 2.05) is 30.3 Å². The van der Waals surface area contributed by atoms with Gasteiger partial charge in [-0.2, -0.15) is 0 Å². The zero-order valence-corrected chi connectivity index (χ0v) is 15.0. The third kappa shape index (κ3) is 4.70. The minimum absolute atomic E-state index is 0.0398. The van der Waals surface area contributed by atoms with Crippen LogP contribution in [-0.2, 0) is 27.6 Å². The predicted octanol–water partition coefficient (Wildman–Crippen LogP) is 1.92. The fraction of sp³-hybridized carbons (Fsp3) is 0.263. The number of benzene rings is 2. The van der Waals surface area contributed by atoms with Gasteiger partial charge in [0, 0.05) is 17.8 Å².